The molecule has 0 aromatic carbocycles. The van der Waals surface area contributed by atoms with Crippen molar-refractivity contribution < 1.29 is 0 Å². The van der Waals surface area contributed by atoms with E-state index in [2.05, 4.69) is 50.1 Å². The topological polar surface area (TPSA) is 18.5 Å². The van der Waals surface area contributed by atoms with Crippen molar-refractivity contribution in [2.45, 2.75) is 20.3 Å². The Balaban J connectivity index is 2.40. The second kappa shape index (κ2) is 5.99. The van der Waals surface area contributed by atoms with Crippen LogP contribution in [0.25, 0.3) is 0 Å². The Kier molecular flexibility index (Phi) is 5.22. The van der Waals surface area contributed by atoms with Crippen molar-refractivity contribution in [3.8, 4) is 0 Å². The summed E-state index contributed by atoms with van der Waals surface area (Å²) in [7, 11) is 6.37. The quantitative estimate of drug-likeness (QED) is 0.759. The van der Waals surface area contributed by atoms with Gasteiger partial charge in [-0.25, -0.2) is 0 Å². The predicted molar refractivity (Wildman–Crippen MR) is 70.8 cm³/mol. The van der Waals surface area contributed by atoms with Gasteiger partial charge in [0, 0.05) is 19.6 Å². The molecule has 1 aliphatic heterocycles. The molecule has 16 heavy (non-hydrogen) atoms. The molecule has 1 aliphatic rings. The monoisotopic (exact) mass is 227 g/mol. The lowest BCUT2D eigenvalue weighted by atomic mass is 9.74. The van der Waals surface area contributed by atoms with Gasteiger partial charge in [0.2, 0.25) is 0 Å². The molecule has 96 valence electrons. The molecular weight excluding hydrogens is 198 g/mol. The van der Waals surface area contributed by atoms with E-state index in [4.69, 9.17) is 0 Å². The van der Waals surface area contributed by atoms with E-state index in [0.29, 0.717) is 5.41 Å². The lowest BCUT2D eigenvalue weighted by molar-refractivity contribution is 0.0524. The van der Waals surface area contributed by atoms with Crippen LogP contribution in [-0.4, -0.2) is 63.7 Å². The van der Waals surface area contributed by atoms with Gasteiger partial charge >= 0.3 is 0 Å². The second-order valence-electron chi connectivity index (χ2n) is 6.11. The number of rotatable bonds is 5. The van der Waals surface area contributed by atoms with E-state index in [0.717, 1.165) is 12.5 Å². The fraction of sp³-hybridized carbons (Fsp3) is 1.00. The van der Waals surface area contributed by atoms with E-state index in [-0.39, 0.29) is 0 Å². The zero-order valence-electron chi connectivity index (χ0n) is 11.7. The third kappa shape index (κ3) is 4.04. The molecule has 1 fully saturated rings. The normalized spacial score (nSPS) is 26.2. The lowest BCUT2D eigenvalue weighted by Gasteiger charge is -2.44. The van der Waals surface area contributed by atoms with Crippen molar-refractivity contribution in [1.29, 1.82) is 0 Å². The largest absolute Gasteiger partial charge is 0.319 e. The van der Waals surface area contributed by atoms with E-state index in [9.17, 15) is 0 Å². The predicted octanol–water partition coefficient (Wildman–Crippen LogP) is 1.12. The van der Waals surface area contributed by atoms with Gasteiger partial charge in [0.05, 0.1) is 0 Å². The highest BCUT2D eigenvalue weighted by molar-refractivity contribution is 4.88. The summed E-state index contributed by atoms with van der Waals surface area (Å²) in [5, 5.41) is 3.33. The van der Waals surface area contributed by atoms with Crippen LogP contribution in [0, 0.1) is 11.3 Å². The summed E-state index contributed by atoms with van der Waals surface area (Å²) >= 11 is 0. The van der Waals surface area contributed by atoms with Gasteiger partial charge in [-0.1, -0.05) is 13.8 Å². The van der Waals surface area contributed by atoms with E-state index in [1.807, 2.05) is 0 Å². The van der Waals surface area contributed by atoms with E-state index >= 15 is 0 Å². The van der Waals surface area contributed by atoms with Gasteiger partial charge in [-0.15, -0.1) is 0 Å². The number of hydrogen-bond acceptors (Lipinski definition) is 3. The molecule has 3 nitrogen and oxygen atoms in total. The molecule has 0 aromatic rings. The van der Waals surface area contributed by atoms with Crippen molar-refractivity contribution in [2.24, 2.45) is 11.3 Å². The molecule has 1 atom stereocenters. The van der Waals surface area contributed by atoms with Crippen LogP contribution < -0.4 is 5.32 Å². The highest BCUT2D eigenvalue weighted by atomic mass is 15.2. The van der Waals surface area contributed by atoms with Crippen LogP contribution >= 0.6 is 0 Å². The molecule has 0 radical (unpaired) electrons. The van der Waals surface area contributed by atoms with E-state index < -0.39 is 0 Å². The maximum Gasteiger partial charge on any atom is 0.0109 e. The van der Waals surface area contributed by atoms with Gasteiger partial charge in [0.25, 0.3) is 0 Å². The third-order valence-corrected chi connectivity index (χ3v) is 3.84. The Morgan fingerprint density at radius 2 is 2.06 bits per heavy atom. The minimum absolute atomic E-state index is 0.452. The highest BCUT2D eigenvalue weighted by Crippen LogP contribution is 2.34. The molecule has 0 amide bonds. The minimum Gasteiger partial charge on any atom is -0.319 e. The summed E-state index contributed by atoms with van der Waals surface area (Å²) in [6.45, 7) is 10.9. The molecular formula is C13H29N3. The summed E-state index contributed by atoms with van der Waals surface area (Å²) in [6.07, 6.45) is 1.33. The van der Waals surface area contributed by atoms with Crippen LogP contribution in [0.1, 0.15) is 20.3 Å². The number of likely N-dealkylation sites (N-methyl/N-ethyl adjacent to an activating group) is 1. The van der Waals surface area contributed by atoms with Crippen molar-refractivity contribution >= 4 is 0 Å². The number of nitrogens with zero attached hydrogens (tertiary/aromatic N) is 2. The first-order valence-corrected chi connectivity index (χ1v) is 6.47. The Morgan fingerprint density at radius 1 is 1.38 bits per heavy atom. The number of hydrogen-bond donors (Lipinski definition) is 1. The average molecular weight is 227 g/mol. The molecule has 1 heterocycles. The first kappa shape index (κ1) is 13.9. The number of nitrogens with one attached hydrogen (secondary N) is 1. The molecule has 1 rings (SSSR count). The van der Waals surface area contributed by atoms with E-state index in [1.165, 1.54) is 32.6 Å². The molecule has 0 saturated carbocycles. The standard InChI is InChI=1S/C13H29N3/c1-13(2)11-16(9-8-15(4)5)7-6-12(13)10-14-3/h12,14H,6-11H2,1-5H3. The van der Waals surface area contributed by atoms with Crippen LogP contribution in [0.4, 0.5) is 0 Å². The van der Waals surface area contributed by atoms with Crippen molar-refractivity contribution in [3.05, 3.63) is 0 Å². The summed E-state index contributed by atoms with van der Waals surface area (Å²) in [6, 6.07) is 0. The van der Waals surface area contributed by atoms with Crippen LogP contribution in [0.5, 0.6) is 0 Å². The highest BCUT2D eigenvalue weighted by Gasteiger charge is 2.34. The minimum atomic E-state index is 0.452. The van der Waals surface area contributed by atoms with Crippen LogP contribution in [0.3, 0.4) is 0 Å². The van der Waals surface area contributed by atoms with Gasteiger partial charge in [-0.05, 0) is 52.0 Å². The maximum atomic E-state index is 3.33. The lowest BCUT2D eigenvalue weighted by Crippen LogP contribution is -2.49. The van der Waals surface area contributed by atoms with Crippen LogP contribution in [-0.2, 0) is 0 Å². The Bertz CT molecular complexity index is 201. The van der Waals surface area contributed by atoms with E-state index in [1.54, 1.807) is 0 Å². The Hall–Kier alpha value is -0.120. The van der Waals surface area contributed by atoms with Gasteiger partial charge in [0.15, 0.2) is 0 Å². The molecule has 3 heteroatoms. The maximum absolute atomic E-state index is 3.33. The Labute approximate surface area is 101 Å². The van der Waals surface area contributed by atoms with Crippen molar-refractivity contribution in [2.75, 3.05) is 53.9 Å². The third-order valence-electron chi connectivity index (χ3n) is 3.84. The van der Waals surface area contributed by atoms with Crippen molar-refractivity contribution in [3.63, 3.8) is 0 Å². The second-order valence-corrected chi connectivity index (χ2v) is 6.11. The Morgan fingerprint density at radius 3 is 2.56 bits per heavy atom. The zero-order valence-corrected chi connectivity index (χ0v) is 11.7. The average Bonchev–Trinajstić information content (AvgIpc) is 2.18. The van der Waals surface area contributed by atoms with Gasteiger partial charge in [0.1, 0.15) is 0 Å². The molecule has 0 aromatic heterocycles. The fourth-order valence-electron chi connectivity index (χ4n) is 2.67. The molecule has 1 unspecified atom stereocenters. The zero-order chi connectivity index (χ0) is 12.2. The summed E-state index contributed by atoms with van der Waals surface area (Å²) in [5.41, 5.74) is 0.452. The van der Waals surface area contributed by atoms with Crippen LogP contribution in [0.2, 0.25) is 0 Å². The molecule has 0 spiro atoms. The number of likely N-dealkylation sites (tertiary alicyclic amines) is 1. The first-order chi connectivity index (χ1) is 7.45. The fourth-order valence-corrected chi connectivity index (χ4v) is 2.67. The first-order valence-electron chi connectivity index (χ1n) is 6.47. The summed E-state index contributed by atoms with van der Waals surface area (Å²) in [4.78, 5) is 4.89. The summed E-state index contributed by atoms with van der Waals surface area (Å²) in [5.74, 6) is 0.827. The molecule has 0 bridgehead atoms. The summed E-state index contributed by atoms with van der Waals surface area (Å²) < 4.78 is 0. The molecule has 1 saturated heterocycles. The van der Waals surface area contributed by atoms with Gasteiger partial charge < -0.3 is 15.1 Å². The number of piperidine rings is 1. The molecule has 1 N–H and O–H groups in total. The van der Waals surface area contributed by atoms with Crippen LogP contribution in [0.15, 0.2) is 0 Å². The van der Waals surface area contributed by atoms with Gasteiger partial charge in [-0.2, -0.15) is 0 Å². The van der Waals surface area contributed by atoms with Crippen molar-refractivity contribution in [1.82, 2.24) is 15.1 Å². The van der Waals surface area contributed by atoms with Gasteiger partial charge in [-0.3, -0.25) is 0 Å². The smallest absolute Gasteiger partial charge is 0.0109 e. The molecule has 0 aliphatic carbocycles. The SMILES string of the molecule is CNCC1CCN(CCN(C)C)CC1(C)C.